The predicted molar refractivity (Wildman–Crippen MR) is 110 cm³/mol. The largest absolute Gasteiger partial charge is 0.493 e. The molecule has 2 aromatic carbocycles. The van der Waals surface area contributed by atoms with Crippen molar-refractivity contribution in [3.8, 4) is 5.75 Å². The molecule has 0 aliphatic heterocycles. The Kier molecular flexibility index (Phi) is 5.37. The molecule has 3 N–H and O–H groups in total. The van der Waals surface area contributed by atoms with Gasteiger partial charge in [-0.2, -0.15) is 0 Å². The molecule has 4 rings (SSSR count). The van der Waals surface area contributed by atoms with Crippen LogP contribution in [0.1, 0.15) is 31.2 Å². The lowest BCUT2D eigenvalue weighted by molar-refractivity contribution is 0.250. The van der Waals surface area contributed by atoms with Crippen LogP contribution < -0.4 is 15.8 Å². The van der Waals surface area contributed by atoms with E-state index in [1.165, 1.54) is 31.2 Å². The molecular weight excluding hydrogens is 336 g/mol. The molecule has 0 bridgehead atoms. The number of nitrogens with zero attached hydrogens (tertiary/aromatic N) is 2. The van der Waals surface area contributed by atoms with Gasteiger partial charge in [-0.15, -0.1) is 0 Å². The summed E-state index contributed by atoms with van der Waals surface area (Å²) < 4.78 is 6.14. The summed E-state index contributed by atoms with van der Waals surface area (Å²) in [6, 6.07) is 14.0. The summed E-state index contributed by atoms with van der Waals surface area (Å²) in [5, 5.41) is 4.37. The lowest BCUT2D eigenvalue weighted by Crippen LogP contribution is -2.11. The number of rotatable bonds is 7. The number of fused-ring (bicyclic) bond motifs is 1. The highest BCUT2D eigenvalue weighted by molar-refractivity contribution is 5.91. The smallest absolute Gasteiger partial charge is 0.137 e. The van der Waals surface area contributed by atoms with Gasteiger partial charge in [-0.05, 0) is 55.0 Å². The Bertz CT molecular complexity index is 906. The molecule has 1 aliphatic rings. The van der Waals surface area contributed by atoms with Crippen molar-refractivity contribution >= 4 is 22.4 Å². The summed E-state index contributed by atoms with van der Waals surface area (Å²) in [7, 11) is 0. The number of hydrogen-bond acceptors (Lipinski definition) is 5. The van der Waals surface area contributed by atoms with Gasteiger partial charge in [0.25, 0.3) is 0 Å². The second kappa shape index (κ2) is 8.25. The van der Waals surface area contributed by atoms with Gasteiger partial charge in [-0.1, -0.05) is 31.0 Å². The van der Waals surface area contributed by atoms with E-state index in [4.69, 9.17) is 10.5 Å². The molecule has 5 nitrogen and oxygen atoms in total. The Morgan fingerprint density at radius 2 is 1.93 bits per heavy atom. The number of hydrogen-bond donors (Lipinski definition) is 2. The third-order valence-electron chi connectivity index (χ3n) is 5.27. The number of anilines is 2. The van der Waals surface area contributed by atoms with Crippen molar-refractivity contribution in [1.82, 2.24) is 9.97 Å². The van der Waals surface area contributed by atoms with Crippen LogP contribution in [0, 0.1) is 5.92 Å². The molecule has 0 saturated heterocycles. The monoisotopic (exact) mass is 362 g/mol. The highest BCUT2D eigenvalue weighted by Gasteiger charge is 2.16. The molecule has 3 aromatic rings. The molecule has 0 amide bonds. The fourth-order valence-electron chi connectivity index (χ4n) is 3.77. The van der Waals surface area contributed by atoms with Crippen LogP contribution in [0.15, 0.2) is 48.8 Å². The van der Waals surface area contributed by atoms with Gasteiger partial charge in [0.2, 0.25) is 0 Å². The zero-order chi connectivity index (χ0) is 18.5. The van der Waals surface area contributed by atoms with E-state index in [0.717, 1.165) is 42.0 Å². The van der Waals surface area contributed by atoms with Gasteiger partial charge in [0.15, 0.2) is 0 Å². The van der Waals surface area contributed by atoms with Crippen molar-refractivity contribution in [2.24, 2.45) is 5.92 Å². The zero-order valence-corrected chi connectivity index (χ0v) is 15.5. The lowest BCUT2D eigenvalue weighted by Gasteiger charge is -2.15. The molecule has 0 unspecified atom stereocenters. The van der Waals surface area contributed by atoms with Crippen LogP contribution in [0.2, 0.25) is 0 Å². The maximum absolute atomic E-state index is 6.14. The molecule has 0 spiro atoms. The van der Waals surface area contributed by atoms with Crippen LogP contribution in [0.5, 0.6) is 5.75 Å². The summed E-state index contributed by atoms with van der Waals surface area (Å²) in [6.07, 6.45) is 7.74. The molecule has 140 valence electrons. The number of aromatic nitrogens is 2. The van der Waals surface area contributed by atoms with E-state index >= 15 is 0 Å². The summed E-state index contributed by atoms with van der Waals surface area (Å²) in [5.74, 6) is 2.54. The molecule has 1 saturated carbocycles. The van der Waals surface area contributed by atoms with Crippen LogP contribution in [0.3, 0.4) is 0 Å². The minimum absolute atomic E-state index is 0.714. The molecule has 1 fully saturated rings. The summed E-state index contributed by atoms with van der Waals surface area (Å²) in [4.78, 5) is 8.68. The van der Waals surface area contributed by atoms with Crippen molar-refractivity contribution in [2.45, 2.75) is 32.1 Å². The van der Waals surface area contributed by atoms with Crippen molar-refractivity contribution in [3.05, 3.63) is 54.4 Å². The number of ether oxygens (including phenoxy) is 1. The molecule has 27 heavy (non-hydrogen) atoms. The SMILES string of the molecule is Nc1ccc2ncnc(NCCc3ccccc3OCC3CCCC3)c2c1. The zero-order valence-electron chi connectivity index (χ0n) is 15.5. The normalized spacial score (nSPS) is 14.5. The van der Waals surface area contributed by atoms with Crippen LogP contribution in [-0.4, -0.2) is 23.1 Å². The molecule has 1 aliphatic carbocycles. The highest BCUT2D eigenvalue weighted by atomic mass is 16.5. The third-order valence-corrected chi connectivity index (χ3v) is 5.27. The fraction of sp³-hybridized carbons (Fsp3) is 0.364. The van der Waals surface area contributed by atoms with Gasteiger partial charge >= 0.3 is 0 Å². The summed E-state index contributed by atoms with van der Waals surface area (Å²) >= 11 is 0. The van der Waals surface area contributed by atoms with E-state index in [-0.39, 0.29) is 0 Å². The fourth-order valence-corrected chi connectivity index (χ4v) is 3.77. The minimum atomic E-state index is 0.714. The van der Waals surface area contributed by atoms with Gasteiger partial charge in [0.1, 0.15) is 17.9 Å². The quantitative estimate of drug-likeness (QED) is 0.608. The van der Waals surface area contributed by atoms with Crippen LogP contribution in [-0.2, 0) is 6.42 Å². The molecule has 1 aromatic heterocycles. The van der Waals surface area contributed by atoms with Crippen LogP contribution >= 0.6 is 0 Å². The number of nitrogens with two attached hydrogens (primary N) is 1. The second-order valence-corrected chi connectivity index (χ2v) is 7.24. The molecule has 0 radical (unpaired) electrons. The second-order valence-electron chi connectivity index (χ2n) is 7.24. The van der Waals surface area contributed by atoms with Gasteiger partial charge in [-0.25, -0.2) is 9.97 Å². The van der Waals surface area contributed by atoms with Gasteiger partial charge < -0.3 is 15.8 Å². The predicted octanol–water partition coefficient (Wildman–Crippen LogP) is 4.44. The summed E-state index contributed by atoms with van der Waals surface area (Å²) in [5.41, 5.74) is 8.75. The maximum atomic E-state index is 6.14. The van der Waals surface area contributed by atoms with E-state index in [1.807, 2.05) is 24.3 Å². The van der Waals surface area contributed by atoms with E-state index < -0.39 is 0 Å². The van der Waals surface area contributed by atoms with Crippen LogP contribution in [0.25, 0.3) is 10.9 Å². The topological polar surface area (TPSA) is 73.1 Å². The number of benzene rings is 2. The minimum Gasteiger partial charge on any atom is -0.493 e. The van der Waals surface area contributed by atoms with Gasteiger partial charge in [-0.3, -0.25) is 0 Å². The first-order valence-electron chi connectivity index (χ1n) is 9.74. The Labute approximate surface area is 160 Å². The van der Waals surface area contributed by atoms with Crippen molar-refractivity contribution in [2.75, 3.05) is 24.2 Å². The van der Waals surface area contributed by atoms with E-state index in [1.54, 1.807) is 6.33 Å². The lowest BCUT2D eigenvalue weighted by atomic mass is 10.1. The van der Waals surface area contributed by atoms with Crippen molar-refractivity contribution < 1.29 is 4.74 Å². The third kappa shape index (κ3) is 4.30. The number of nitrogens with one attached hydrogen (secondary N) is 1. The van der Waals surface area contributed by atoms with E-state index in [2.05, 4.69) is 33.5 Å². The van der Waals surface area contributed by atoms with Crippen LogP contribution in [0.4, 0.5) is 11.5 Å². The van der Waals surface area contributed by atoms with E-state index in [0.29, 0.717) is 11.6 Å². The first kappa shape index (κ1) is 17.6. The summed E-state index contributed by atoms with van der Waals surface area (Å²) in [6.45, 7) is 1.60. The van der Waals surface area contributed by atoms with Gasteiger partial charge in [0.05, 0.1) is 12.1 Å². The maximum Gasteiger partial charge on any atom is 0.137 e. The Morgan fingerprint density at radius 1 is 1.07 bits per heavy atom. The van der Waals surface area contributed by atoms with E-state index in [9.17, 15) is 0 Å². The average Bonchev–Trinajstić information content (AvgIpc) is 3.21. The Balaban J connectivity index is 1.40. The van der Waals surface area contributed by atoms with Crippen molar-refractivity contribution in [1.29, 1.82) is 0 Å². The number of para-hydroxylation sites is 1. The molecular formula is C22H26N4O. The highest BCUT2D eigenvalue weighted by Crippen LogP contribution is 2.27. The Hall–Kier alpha value is -2.82. The standard InChI is InChI=1S/C22H26N4O/c23-18-9-10-20-19(13-18)22(26-15-25-20)24-12-11-17-7-3-4-8-21(17)27-14-16-5-1-2-6-16/h3-4,7-10,13,15-16H,1-2,5-6,11-12,14,23H2,(H,24,25,26). The first-order valence-corrected chi connectivity index (χ1v) is 9.74. The molecule has 5 heteroatoms. The van der Waals surface area contributed by atoms with Gasteiger partial charge in [0, 0.05) is 17.6 Å². The Morgan fingerprint density at radius 3 is 2.81 bits per heavy atom. The molecule has 0 atom stereocenters. The van der Waals surface area contributed by atoms with Crippen molar-refractivity contribution in [3.63, 3.8) is 0 Å². The first-order chi connectivity index (χ1) is 13.3. The number of nitrogen functional groups attached to an aromatic ring is 1. The average molecular weight is 362 g/mol. The molecule has 1 heterocycles.